The minimum atomic E-state index is -3.72. The maximum Gasteiger partial charge on any atom is 0.243 e. The van der Waals surface area contributed by atoms with Gasteiger partial charge >= 0.3 is 0 Å². The van der Waals surface area contributed by atoms with E-state index in [0.717, 1.165) is 0 Å². The molecule has 1 atom stereocenters. The maximum absolute atomic E-state index is 13.0. The number of benzene rings is 1. The fourth-order valence-electron chi connectivity index (χ4n) is 3.76. The number of ether oxygens (including phenoxy) is 1. The summed E-state index contributed by atoms with van der Waals surface area (Å²) < 4.78 is 38.4. The molecule has 0 radical (unpaired) electrons. The van der Waals surface area contributed by atoms with Crippen molar-refractivity contribution in [1.29, 1.82) is 0 Å². The van der Waals surface area contributed by atoms with E-state index < -0.39 is 15.9 Å². The monoisotopic (exact) mass is 477 g/mol. The molecule has 2 aromatic rings. The number of hydrogen-bond acceptors (Lipinski definition) is 6. The summed E-state index contributed by atoms with van der Waals surface area (Å²) in [5.74, 6) is -0.0540. The highest BCUT2D eigenvalue weighted by Crippen LogP contribution is 2.31. The van der Waals surface area contributed by atoms with Crippen molar-refractivity contribution in [2.75, 3.05) is 25.0 Å². The number of nitrogens with zero attached hydrogens (tertiary/aromatic N) is 2. The van der Waals surface area contributed by atoms with Crippen LogP contribution in [0.1, 0.15) is 39.9 Å². The number of rotatable bonds is 10. The molecule has 0 saturated carbocycles. The van der Waals surface area contributed by atoms with E-state index in [2.05, 4.69) is 5.32 Å². The maximum atomic E-state index is 13.0. The van der Waals surface area contributed by atoms with Crippen LogP contribution < -0.4 is 10.1 Å². The van der Waals surface area contributed by atoms with E-state index in [0.29, 0.717) is 31.1 Å². The first-order valence-corrected chi connectivity index (χ1v) is 12.5. The molecule has 1 aromatic heterocycles. The second-order valence-electron chi connectivity index (χ2n) is 8.16. The zero-order chi connectivity index (χ0) is 24.2. The number of carbonyl (C=O) groups is 2. The quantitative estimate of drug-likeness (QED) is 0.563. The molecule has 2 amide bonds. The lowest BCUT2D eigenvalue weighted by atomic mass is 10.1. The molecule has 0 aliphatic carbocycles. The molecule has 2 heterocycles. The molecule has 0 spiro atoms. The van der Waals surface area contributed by atoms with Crippen LogP contribution >= 0.6 is 0 Å². The summed E-state index contributed by atoms with van der Waals surface area (Å²) in [6, 6.07) is 7.97. The van der Waals surface area contributed by atoms with Gasteiger partial charge in [0, 0.05) is 26.1 Å². The summed E-state index contributed by atoms with van der Waals surface area (Å²) in [6.45, 7) is 8.44. The zero-order valence-electron chi connectivity index (χ0n) is 19.4. The van der Waals surface area contributed by atoms with Crippen LogP contribution in [-0.2, 0) is 26.2 Å². The Kier molecular flexibility index (Phi) is 7.80. The second kappa shape index (κ2) is 10.4. The van der Waals surface area contributed by atoms with Gasteiger partial charge in [-0.3, -0.25) is 9.59 Å². The molecule has 0 bridgehead atoms. The van der Waals surface area contributed by atoms with Crippen LogP contribution in [0, 0.1) is 5.92 Å². The zero-order valence-corrected chi connectivity index (χ0v) is 20.2. The molecule has 1 unspecified atom stereocenters. The molecule has 9 nitrogen and oxygen atoms in total. The van der Waals surface area contributed by atoms with Crippen molar-refractivity contribution >= 4 is 27.5 Å². The highest BCUT2D eigenvalue weighted by molar-refractivity contribution is 7.89. The highest BCUT2D eigenvalue weighted by Gasteiger charge is 2.35. The topological polar surface area (TPSA) is 109 Å². The Morgan fingerprint density at radius 2 is 2.00 bits per heavy atom. The number of hydrogen-bond donors (Lipinski definition) is 1. The number of carbonyl (C=O) groups excluding carboxylic acids is 2. The van der Waals surface area contributed by atoms with Gasteiger partial charge in [0.2, 0.25) is 21.8 Å². The SMILES string of the molecule is CCN(CC)S(=O)(=O)c1ccc(OC(C)C)c(NC(=O)C2CC(=O)N(Cc3ccco3)C2)c1. The lowest BCUT2D eigenvalue weighted by Gasteiger charge is -2.21. The number of likely N-dealkylation sites (tertiary alicyclic amines) is 1. The normalized spacial score (nSPS) is 16.6. The van der Waals surface area contributed by atoms with Crippen molar-refractivity contribution in [3.8, 4) is 5.75 Å². The first-order chi connectivity index (χ1) is 15.6. The molecule has 3 rings (SSSR count). The molecular weight excluding hydrogens is 446 g/mol. The van der Waals surface area contributed by atoms with Crippen LogP contribution in [-0.4, -0.2) is 55.2 Å². The van der Waals surface area contributed by atoms with Crippen molar-refractivity contribution in [3.63, 3.8) is 0 Å². The summed E-state index contributed by atoms with van der Waals surface area (Å²) in [5.41, 5.74) is 0.263. The molecular formula is C23H31N3O6S. The Morgan fingerprint density at radius 1 is 1.27 bits per heavy atom. The molecule has 1 aliphatic rings. The van der Waals surface area contributed by atoms with Crippen LogP contribution in [0.25, 0.3) is 0 Å². The van der Waals surface area contributed by atoms with Crippen LogP contribution in [0.4, 0.5) is 5.69 Å². The van der Waals surface area contributed by atoms with Gasteiger partial charge in [-0.2, -0.15) is 4.31 Å². The first-order valence-electron chi connectivity index (χ1n) is 11.1. The van der Waals surface area contributed by atoms with Gasteiger partial charge in [0.1, 0.15) is 11.5 Å². The number of furan rings is 1. The van der Waals surface area contributed by atoms with E-state index >= 15 is 0 Å². The fraction of sp³-hybridized carbons (Fsp3) is 0.478. The van der Waals surface area contributed by atoms with E-state index in [1.807, 2.05) is 13.8 Å². The van der Waals surface area contributed by atoms with Gasteiger partial charge < -0.3 is 19.4 Å². The standard InChI is InChI=1S/C23H31N3O6S/c1-5-26(6-2)33(29,30)19-9-10-21(32-16(3)4)20(13-19)24-23(28)17-12-22(27)25(14-17)15-18-8-7-11-31-18/h7-11,13,16-17H,5-6,12,14-15H2,1-4H3,(H,24,28). The number of nitrogens with one attached hydrogen (secondary N) is 1. The fourth-order valence-corrected chi connectivity index (χ4v) is 5.25. The third-order valence-electron chi connectivity index (χ3n) is 5.43. The van der Waals surface area contributed by atoms with Crippen LogP contribution in [0.5, 0.6) is 5.75 Å². The number of anilines is 1. The molecule has 1 aliphatic heterocycles. The molecule has 1 fully saturated rings. The Morgan fingerprint density at radius 3 is 2.61 bits per heavy atom. The Balaban J connectivity index is 1.81. The van der Waals surface area contributed by atoms with Gasteiger partial charge in [-0.25, -0.2) is 8.42 Å². The van der Waals surface area contributed by atoms with E-state index in [-0.39, 0.29) is 41.5 Å². The van der Waals surface area contributed by atoms with E-state index in [9.17, 15) is 18.0 Å². The average molecular weight is 478 g/mol. The molecule has 10 heteroatoms. The average Bonchev–Trinajstić information content (AvgIpc) is 3.40. The van der Waals surface area contributed by atoms with Crippen molar-refractivity contribution in [2.45, 2.75) is 51.7 Å². The Bertz CT molecular complexity index is 1080. The summed E-state index contributed by atoms with van der Waals surface area (Å²) in [5, 5.41) is 2.80. The first kappa shape index (κ1) is 24.8. The van der Waals surface area contributed by atoms with Gasteiger partial charge in [0.15, 0.2) is 0 Å². The van der Waals surface area contributed by atoms with Crippen LogP contribution in [0.3, 0.4) is 0 Å². The van der Waals surface area contributed by atoms with Gasteiger partial charge in [-0.15, -0.1) is 0 Å². The third kappa shape index (κ3) is 5.75. The van der Waals surface area contributed by atoms with Crippen molar-refractivity contribution in [1.82, 2.24) is 9.21 Å². The molecule has 1 saturated heterocycles. The van der Waals surface area contributed by atoms with E-state index in [1.54, 1.807) is 36.9 Å². The Hall–Kier alpha value is -2.85. The molecule has 1 N–H and O–H groups in total. The summed E-state index contributed by atoms with van der Waals surface area (Å²) >= 11 is 0. The van der Waals surface area contributed by atoms with Crippen molar-refractivity contribution in [2.24, 2.45) is 5.92 Å². The van der Waals surface area contributed by atoms with E-state index in [1.165, 1.54) is 22.7 Å². The van der Waals surface area contributed by atoms with Crippen molar-refractivity contribution < 1.29 is 27.2 Å². The summed E-state index contributed by atoms with van der Waals surface area (Å²) in [4.78, 5) is 27.1. The van der Waals surface area contributed by atoms with Crippen molar-refractivity contribution in [3.05, 3.63) is 42.4 Å². The second-order valence-corrected chi connectivity index (χ2v) is 10.1. The summed E-state index contributed by atoms with van der Waals surface area (Å²) in [7, 11) is -3.72. The third-order valence-corrected chi connectivity index (χ3v) is 7.47. The highest BCUT2D eigenvalue weighted by atomic mass is 32.2. The lowest BCUT2D eigenvalue weighted by Crippen LogP contribution is -2.31. The predicted molar refractivity (Wildman–Crippen MR) is 123 cm³/mol. The van der Waals surface area contributed by atoms with Gasteiger partial charge in [0.25, 0.3) is 0 Å². The summed E-state index contributed by atoms with van der Waals surface area (Å²) in [6.07, 6.45) is 1.43. The Labute approximate surface area is 194 Å². The molecule has 1 aromatic carbocycles. The van der Waals surface area contributed by atoms with E-state index in [4.69, 9.17) is 9.15 Å². The van der Waals surface area contributed by atoms with Gasteiger partial charge in [0.05, 0.1) is 35.4 Å². The number of sulfonamides is 1. The lowest BCUT2D eigenvalue weighted by molar-refractivity contribution is -0.128. The molecule has 180 valence electrons. The smallest absolute Gasteiger partial charge is 0.243 e. The predicted octanol–water partition coefficient (Wildman–Crippen LogP) is 3.08. The van der Waals surface area contributed by atoms with Crippen LogP contribution in [0.2, 0.25) is 0 Å². The minimum Gasteiger partial charge on any atom is -0.489 e. The largest absolute Gasteiger partial charge is 0.489 e. The molecule has 33 heavy (non-hydrogen) atoms. The van der Waals surface area contributed by atoms with Gasteiger partial charge in [-0.05, 0) is 44.2 Å². The minimum absolute atomic E-state index is 0.0690. The van der Waals surface area contributed by atoms with Crippen LogP contribution in [0.15, 0.2) is 45.9 Å². The van der Waals surface area contributed by atoms with Gasteiger partial charge in [-0.1, -0.05) is 13.8 Å². The number of amides is 2.